The van der Waals surface area contributed by atoms with E-state index in [1.807, 2.05) is 48.7 Å². The van der Waals surface area contributed by atoms with Crippen LogP contribution in [0, 0.1) is 0 Å². The molecule has 0 aliphatic heterocycles. The summed E-state index contributed by atoms with van der Waals surface area (Å²) < 4.78 is 0. The van der Waals surface area contributed by atoms with Crippen molar-refractivity contribution in [2.24, 2.45) is 0 Å². The summed E-state index contributed by atoms with van der Waals surface area (Å²) in [6.07, 6.45) is 5.86. The Hall–Kier alpha value is -3.11. The molecule has 2 aromatic carbocycles. The molecule has 2 aromatic heterocycles. The molecule has 2 heterocycles. The second-order valence-electron chi connectivity index (χ2n) is 7.67. The average Bonchev–Trinajstić information content (AvgIpc) is 3.23. The number of benzene rings is 2. The second-order valence-corrected chi connectivity index (χ2v) is 8.10. The maximum Gasteiger partial charge on any atom is 0.220 e. The quantitative estimate of drug-likeness (QED) is 0.378. The molecule has 4 rings (SSSR count). The van der Waals surface area contributed by atoms with E-state index in [-0.39, 0.29) is 11.8 Å². The van der Waals surface area contributed by atoms with Crippen LogP contribution in [0.15, 0.2) is 73.1 Å². The highest BCUT2D eigenvalue weighted by atomic mass is 35.5. The van der Waals surface area contributed by atoms with Gasteiger partial charge in [-0.1, -0.05) is 54.9 Å². The van der Waals surface area contributed by atoms with Crippen molar-refractivity contribution in [1.82, 2.24) is 15.3 Å². The van der Waals surface area contributed by atoms with Crippen molar-refractivity contribution < 1.29 is 4.79 Å². The van der Waals surface area contributed by atoms with Gasteiger partial charge in [-0.25, -0.2) is 0 Å². The van der Waals surface area contributed by atoms with Crippen molar-refractivity contribution in [1.29, 1.82) is 0 Å². The third-order valence-corrected chi connectivity index (χ3v) is 5.93. The molecule has 0 aliphatic carbocycles. The summed E-state index contributed by atoms with van der Waals surface area (Å²) in [5, 5.41) is 4.92. The van der Waals surface area contributed by atoms with E-state index in [1.54, 1.807) is 6.20 Å². The van der Waals surface area contributed by atoms with E-state index in [1.165, 1.54) is 10.9 Å². The maximum absolute atomic E-state index is 12.9. The number of H-pyrrole nitrogens is 1. The number of nitrogens with zero attached hydrogens (tertiary/aromatic N) is 1. The maximum atomic E-state index is 12.9. The number of para-hydroxylation sites is 1. The number of aromatic amines is 1. The number of fused-ring (bicyclic) bond motifs is 1. The Labute approximate surface area is 187 Å². The largest absolute Gasteiger partial charge is 0.361 e. The number of halogens is 1. The first-order valence-electron chi connectivity index (χ1n) is 10.7. The van der Waals surface area contributed by atoms with Crippen LogP contribution in [0.5, 0.6) is 0 Å². The summed E-state index contributed by atoms with van der Waals surface area (Å²) in [6.45, 7) is 2.72. The van der Waals surface area contributed by atoms with Crippen molar-refractivity contribution in [3.05, 3.63) is 100 Å². The molecule has 0 fully saturated rings. The smallest absolute Gasteiger partial charge is 0.220 e. The zero-order valence-electron chi connectivity index (χ0n) is 17.6. The lowest BCUT2D eigenvalue weighted by Gasteiger charge is -2.17. The fourth-order valence-corrected chi connectivity index (χ4v) is 4.18. The van der Waals surface area contributed by atoms with Crippen molar-refractivity contribution in [3.8, 4) is 0 Å². The monoisotopic (exact) mass is 431 g/mol. The number of hydrogen-bond acceptors (Lipinski definition) is 2. The molecule has 5 heteroatoms. The minimum Gasteiger partial charge on any atom is -0.361 e. The number of rotatable bonds is 8. The summed E-state index contributed by atoms with van der Waals surface area (Å²) in [5.41, 5.74) is 5.60. The van der Waals surface area contributed by atoms with Crippen LogP contribution in [0.4, 0.5) is 0 Å². The van der Waals surface area contributed by atoms with E-state index in [2.05, 4.69) is 40.4 Å². The molecular weight excluding hydrogens is 406 g/mol. The molecule has 158 valence electrons. The summed E-state index contributed by atoms with van der Waals surface area (Å²) in [7, 11) is 0. The molecule has 4 nitrogen and oxygen atoms in total. The number of pyridine rings is 1. The lowest BCUT2D eigenvalue weighted by Crippen LogP contribution is -2.27. The number of carbonyl (C=O) groups excluding carboxylic acids is 1. The van der Waals surface area contributed by atoms with E-state index in [4.69, 9.17) is 11.6 Å². The molecule has 0 aliphatic rings. The molecule has 31 heavy (non-hydrogen) atoms. The van der Waals surface area contributed by atoms with Crippen LogP contribution in [-0.4, -0.2) is 22.4 Å². The van der Waals surface area contributed by atoms with Gasteiger partial charge in [0.2, 0.25) is 5.91 Å². The zero-order valence-corrected chi connectivity index (χ0v) is 18.3. The van der Waals surface area contributed by atoms with Gasteiger partial charge in [-0.2, -0.15) is 0 Å². The van der Waals surface area contributed by atoms with Crippen LogP contribution >= 0.6 is 11.6 Å². The highest BCUT2D eigenvalue weighted by Gasteiger charge is 2.22. The van der Waals surface area contributed by atoms with Gasteiger partial charge in [0.1, 0.15) is 0 Å². The number of aromatic nitrogens is 2. The molecule has 1 amide bonds. The fourth-order valence-electron chi connectivity index (χ4n) is 4.06. The van der Waals surface area contributed by atoms with E-state index < -0.39 is 0 Å². The number of hydrogen-bond donors (Lipinski definition) is 2. The normalized spacial score (nSPS) is 12.1. The Kier molecular flexibility index (Phi) is 6.68. The van der Waals surface area contributed by atoms with Gasteiger partial charge in [0.15, 0.2) is 0 Å². The Bertz CT molecular complexity index is 1150. The van der Waals surface area contributed by atoms with Gasteiger partial charge < -0.3 is 10.3 Å². The third-order valence-electron chi connectivity index (χ3n) is 5.68. The fraction of sp³-hybridized carbons (Fsp3) is 0.231. The Morgan fingerprint density at radius 2 is 1.94 bits per heavy atom. The van der Waals surface area contributed by atoms with Crippen LogP contribution in [0.2, 0.25) is 5.02 Å². The SMILES string of the molecule is CCc1cccc2c([C@H](CC(=O)NCCc3ccccn3)c3ccc(Cl)cc3)c[nH]c12. The molecule has 1 atom stereocenters. The summed E-state index contributed by atoms with van der Waals surface area (Å²) in [5.74, 6) is -0.0372. The molecule has 4 aromatic rings. The van der Waals surface area contributed by atoms with Gasteiger partial charge in [0.05, 0.1) is 0 Å². The lowest BCUT2D eigenvalue weighted by atomic mass is 9.87. The Morgan fingerprint density at radius 1 is 1.10 bits per heavy atom. The molecular formula is C26H26ClN3O. The molecule has 0 saturated heterocycles. The molecule has 0 unspecified atom stereocenters. The first-order chi connectivity index (χ1) is 15.2. The van der Waals surface area contributed by atoms with Gasteiger partial charge in [0.25, 0.3) is 0 Å². The lowest BCUT2D eigenvalue weighted by molar-refractivity contribution is -0.121. The van der Waals surface area contributed by atoms with Crippen LogP contribution < -0.4 is 5.32 Å². The van der Waals surface area contributed by atoms with Crippen LogP contribution in [-0.2, 0) is 17.6 Å². The van der Waals surface area contributed by atoms with E-state index in [9.17, 15) is 4.79 Å². The first kappa shape index (κ1) is 21.1. The van der Waals surface area contributed by atoms with Gasteiger partial charge in [-0.3, -0.25) is 9.78 Å². The average molecular weight is 432 g/mol. The van der Waals surface area contributed by atoms with Gasteiger partial charge in [-0.15, -0.1) is 0 Å². The predicted molar refractivity (Wildman–Crippen MR) is 127 cm³/mol. The molecule has 0 radical (unpaired) electrons. The van der Waals surface area contributed by atoms with Crippen LogP contribution in [0.3, 0.4) is 0 Å². The highest BCUT2D eigenvalue weighted by molar-refractivity contribution is 6.30. The highest BCUT2D eigenvalue weighted by Crippen LogP contribution is 2.35. The molecule has 0 bridgehead atoms. The number of nitrogens with one attached hydrogen (secondary N) is 2. The Balaban J connectivity index is 1.57. The van der Waals surface area contributed by atoms with Crippen molar-refractivity contribution in [2.45, 2.75) is 32.1 Å². The van der Waals surface area contributed by atoms with E-state index in [0.29, 0.717) is 24.4 Å². The van der Waals surface area contributed by atoms with E-state index >= 15 is 0 Å². The zero-order chi connectivity index (χ0) is 21.6. The number of aryl methyl sites for hydroxylation is 1. The Morgan fingerprint density at radius 3 is 2.68 bits per heavy atom. The third kappa shape index (κ3) is 4.97. The van der Waals surface area contributed by atoms with Crippen molar-refractivity contribution in [2.75, 3.05) is 6.54 Å². The van der Waals surface area contributed by atoms with Crippen LogP contribution in [0.1, 0.15) is 41.6 Å². The van der Waals surface area contributed by atoms with Gasteiger partial charge in [0, 0.05) is 59.3 Å². The summed E-state index contributed by atoms with van der Waals surface area (Å²) >= 11 is 6.12. The standard InChI is InChI=1S/C26H26ClN3O/c1-2-18-6-5-8-22-24(17-30-26(18)22)23(19-9-11-20(27)12-10-19)16-25(31)29-15-13-21-7-3-4-14-28-21/h3-12,14,17,23,30H,2,13,15-16H2,1H3,(H,29,31)/t23-/m1/s1. The number of carbonyl (C=O) groups is 1. The molecule has 0 saturated carbocycles. The summed E-state index contributed by atoms with van der Waals surface area (Å²) in [6, 6.07) is 20.0. The second kappa shape index (κ2) is 9.80. The minimum absolute atomic E-state index is 0.0249. The summed E-state index contributed by atoms with van der Waals surface area (Å²) in [4.78, 5) is 20.6. The predicted octanol–water partition coefficient (Wildman–Crippen LogP) is 5.66. The molecule has 2 N–H and O–H groups in total. The van der Waals surface area contributed by atoms with Gasteiger partial charge in [-0.05, 0) is 47.4 Å². The van der Waals surface area contributed by atoms with Crippen molar-refractivity contribution >= 4 is 28.4 Å². The van der Waals surface area contributed by atoms with Gasteiger partial charge >= 0.3 is 0 Å². The van der Waals surface area contributed by atoms with E-state index in [0.717, 1.165) is 28.8 Å². The minimum atomic E-state index is -0.0621. The van der Waals surface area contributed by atoms with Crippen LogP contribution in [0.25, 0.3) is 10.9 Å². The molecule has 0 spiro atoms. The topological polar surface area (TPSA) is 57.8 Å². The van der Waals surface area contributed by atoms with Crippen molar-refractivity contribution in [3.63, 3.8) is 0 Å². The first-order valence-corrected chi connectivity index (χ1v) is 11.0. The number of amides is 1.